The van der Waals surface area contributed by atoms with Gasteiger partial charge in [0, 0.05) is 27.1 Å². The molecule has 2 nitrogen and oxygen atoms in total. The van der Waals surface area contributed by atoms with Crippen molar-refractivity contribution in [3.63, 3.8) is 0 Å². The number of benzene rings is 1. The molecule has 74 valence electrons. The van der Waals surface area contributed by atoms with Crippen LogP contribution in [0.25, 0.3) is 10.9 Å². The molecule has 1 atom stereocenters. The number of aryl methyl sites for hydroxylation is 1. The van der Waals surface area contributed by atoms with Gasteiger partial charge in [0.25, 0.3) is 0 Å². The maximum atomic E-state index is 5.93. The lowest BCUT2D eigenvalue weighted by Gasteiger charge is -2.04. The van der Waals surface area contributed by atoms with Crippen molar-refractivity contribution in [1.29, 1.82) is 0 Å². The van der Waals surface area contributed by atoms with Crippen LogP contribution in [-0.4, -0.2) is 4.98 Å². The fourth-order valence-corrected chi connectivity index (χ4v) is 2.27. The Balaban J connectivity index is 2.77. The molecule has 0 radical (unpaired) electrons. The van der Waals surface area contributed by atoms with E-state index in [1.807, 2.05) is 13.0 Å². The number of rotatable bonds is 1. The number of H-pyrrole nitrogens is 1. The summed E-state index contributed by atoms with van der Waals surface area (Å²) < 4.78 is 1.09. The average Bonchev–Trinajstić information content (AvgIpc) is 2.39. The van der Waals surface area contributed by atoms with Crippen LogP contribution < -0.4 is 5.73 Å². The van der Waals surface area contributed by atoms with Gasteiger partial charge in [-0.05, 0) is 31.5 Å². The number of halogens is 1. The number of hydrogen-bond acceptors (Lipinski definition) is 1. The van der Waals surface area contributed by atoms with E-state index in [2.05, 4.69) is 40.0 Å². The Morgan fingerprint density at radius 1 is 1.43 bits per heavy atom. The molecule has 0 spiro atoms. The van der Waals surface area contributed by atoms with Gasteiger partial charge in [-0.15, -0.1) is 0 Å². The standard InChI is InChI=1S/C11H13BrN2/c1-6(13)11-7(2)14-10-5-8(12)3-4-9(10)11/h3-6,14H,13H2,1-2H3. The summed E-state index contributed by atoms with van der Waals surface area (Å²) in [6.45, 7) is 4.07. The zero-order chi connectivity index (χ0) is 10.3. The van der Waals surface area contributed by atoms with E-state index in [1.165, 1.54) is 10.9 Å². The maximum Gasteiger partial charge on any atom is 0.0470 e. The van der Waals surface area contributed by atoms with Crippen molar-refractivity contribution in [2.24, 2.45) is 5.73 Å². The zero-order valence-corrected chi connectivity index (χ0v) is 9.85. The Morgan fingerprint density at radius 3 is 2.79 bits per heavy atom. The Bertz CT molecular complexity index is 471. The van der Waals surface area contributed by atoms with Gasteiger partial charge in [-0.3, -0.25) is 0 Å². The van der Waals surface area contributed by atoms with Crippen molar-refractivity contribution in [1.82, 2.24) is 4.98 Å². The fraction of sp³-hybridized carbons (Fsp3) is 0.273. The summed E-state index contributed by atoms with van der Waals surface area (Å²) in [5, 5.41) is 1.22. The van der Waals surface area contributed by atoms with Crippen LogP contribution in [0.2, 0.25) is 0 Å². The van der Waals surface area contributed by atoms with Crippen LogP contribution in [0.3, 0.4) is 0 Å². The lowest BCUT2D eigenvalue weighted by Crippen LogP contribution is -2.05. The minimum Gasteiger partial charge on any atom is -0.358 e. The summed E-state index contributed by atoms with van der Waals surface area (Å²) in [6, 6.07) is 6.29. The second-order valence-electron chi connectivity index (χ2n) is 3.64. The van der Waals surface area contributed by atoms with Crippen LogP contribution in [0.1, 0.15) is 24.2 Å². The lowest BCUT2D eigenvalue weighted by atomic mass is 10.1. The molecule has 0 aliphatic carbocycles. The zero-order valence-electron chi connectivity index (χ0n) is 8.26. The van der Waals surface area contributed by atoms with Gasteiger partial charge in [0.2, 0.25) is 0 Å². The second-order valence-corrected chi connectivity index (χ2v) is 4.56. The molecule has 2 rings (SSSR count). The monoisotopic (exact) mass is 252 g/mol. The normalized spacial score (nSPS) is 13.4. The smallest absolute Gasteiger partial charge is 0.0470 e. The highest BCUT2D eigenvalue weighted by molar-refractivity contribution is 9.10. The summed E-state index contributed by atoms with van der Waals surface area (Å²) in [4.78, 5) is 3.34. The first kappa shape index (κ1) is 9.74. The van der Waals surface area contributed by atoms with Crippen LogP contribution in [0.4, 0.5) is 0 Å². The van der Waals surface area contributed by atoms with Crippen molar-refractivity contribution < 1.29 is 0 Å². The van der Waals surface area contributed by atoms with Crippen LogP contribution in [0.15, 0.2) is 22.7 Å². The molecule has 1 aromatic heterocycles. The van der Waals surface area contributed by atoms with Crippen LogP contribution in [0, 0.1) is 6.92 Å². The lowest BCUT2D eigenvalue weighted by molar-refractivity contribution is 0.817. The number of hydrogen-bond donors (Lipinski definition) is 2. The molecule has 0 aliphatic heterocycles. The number of nitrogens with one attached hydrogen (secondary N) is 1. The minimum absolute atomic E-state index is 0.0740. The second kappa shape index (κ2) is 3.41. The molecule has 0 amide bonds. The molecule has 0 aliphatic rings. The molecule has 14 heavy (non-hydrogen) atoms. The molecule has 3 heteroatoms. The third kappa shape index (κ3) is 1.47. The van der Waals surface area contributed by atoms with Gasteiger partial charge in [0.1, 0.15) is 0 Å². The summed E-state index contributed by atoms with van der Waals surface area (Å²) in [5.41, 5.74) is 9.45. The first-order chi connectivity index (χ1) is 6.59. The molecule has 2 aromatic rings. The topological polar surface area (TPSA) is 41.8 Å². The quantitative estimate of drug-likeness (QED) is 0.804. The summed E-state index contributed by atoms with van der Waals surface area (Å²) in [5.74, 6) is 0. The molecular formula is C11H13BrN2. The predicted molar refractivity (Wildman–Crippen MR) is 63.3 cm³/mol. The van der Waals surface area contributed by atoms with Gasteiger partial charge in [0.15, 0.2) is 0 Å². The Labute approximate surface area is 91.6 Å². The molecule has 3 N–H and O–H groups in total. The highest BCUT2D eigenvalue weighted by atomic mass is 79.9. The minimum atomic E-state index is 0.0740. The van der Waals surface area contributed by atoms with E-state index in [0.717, 1.165) is 15.7 Å². The van der Waals surface area contributed by atoms with Crippen molar-refractivity contribution in [2.75, 3.05) is 0 Å². The van der Waals surface area contributed by atoms with Gasteiger partial charge in [-0.2, -0.15) is 0 Å². The molecule has 0 saturated heterocycles. The van der Waals surface area contributed by atoms with Crippen molar-refractivity contribution in [2.45, 2.75) is 19.9 Å². The molecule has 0 saturated carbocycles. The van der Waals surface area contributed by atoms with E-state index in [1.54, 1.807) is 0 Å². The first-order valence-corrected chi connectivity index (χ1v) is 5.42. The van der Waals surface area contributed by atoms with Crippen LogP contribution in [0.5, 0.6) is 0 Å². The fourth-order valence-electron chi connectivity index (χ4n) is 1.91. The summed E-state index contributed by atoms with van der Waals surface area (Å²) in [6.07, 6.45) is 0. The third-order valence-electron chi connectivity index (χ3n) is 2.45. The van der Waals surface area contributed by atoms with Gasteiger partial charge in [-0.1, -0.05) is 22.0 Å². The first-order valence-electron chi connectivity index (χ1n) is 4.63. The van der Waals surface area contributed by atoms with E-state index >= 15 is 0 Å². The highest BCUT2D eigenvalue weighted by Crippen LogP contribution is 2.28. The third-order valence-corrected chi connectivity index (χ3v) is 2.95. The highest BCUT2D eigenvalue weighted by Gasteiger charge is 2.11. The van der Waals surface area contributed by atoms with Gasteiger partial charge >= 0.3 is 0 Å². The average molecular weight is 253 g/mol. The van der Waals surface area contributed by atoms with E-state index in [9.17, 15) is 0 Å². The van der Waals surface area contributed by atoms with Crippen molar-refractivity contribution in [3.8, 4) is 0 Å². The van der Waals surface area contributed by atoms with E-state index in [4.69, 9.17) is 5.73 Å². The van der Waals surface area contributed by atoms with E-state index in [-0.39, 0.29) is 6.04 Å². The van der Waals surface area contributed by atoms with Crippen molar-refractivity contribution in [3.05, 3.63) is 33.9 Å². The van der Waals surface area contributed by atoms with Gasteiger partial charge in [0.05, 0.1) is 0 Å². The molecule has 1 aromatic carbocycles. The number of nitrogens with two attached hydrogens (primary N) is 1. The Morgan fingerprint density at radius 2 is 2.14 bits per heavy atom. The maximum absolute atomic E-state index is 5.93. The molecular weight excluding hydrogens is 240 g/mol. The van der Waals surface area contributed by atoms with Gasteiger partial charge < -0.3 is 10.7 Å². The number of aromatic nitrogens is 1. The Kier molecular flexibility index (Phi) is 2.37. The van der Waals surface area contributed by atoms with E-state index < -0.39 is 0 Å². The largest absolute Gasteiger partial charge is 0.358 e. The number of fused-ring (bicyclic) bond motifs is 1. The van der Waals surface area contributed by atoms with Crippen molar-refractivity contribution >= 4 is 26.8 Å². The molecule has 1 unspecified atom stereocenters. The Hall–Kier alpha value is -0.800. The molecule has 0 fully saturated rings. The van der Waals surface area contributed by atoms with Crippen LogP contribution >= 0.6 is 15.9 Å². The molecule has 0 bridgehead atoms. The van der Waals surface area contributed by atoms with Crippen LogP contribution in [-0.2, 0) is 0 Å². The number of aromatic amines is 1. The molecule has 1 heterocycles. The summed E-state index contributed by atoms with van der Waals surface area (Å²) in [7, 11) is 0. The van der Waals surface area contributed by atoms with Gasteiger partial charge in [-0.25, -0.2) is 0 Å². The summed E-state index contributed by atoms with van der Waals surface area (Å²) >= 11 is 3.45. The predicted octanol–water partition coefficient (Wildman–Crippen LogP) is 3.26. The SMILES string of the molecule is Cc1[nH]c2cc(Br)ccc2c1C(C)N. The van der Waals surface area contributed by atoms with E-state index in [0.29, 0.717) is 0 Å².